The van der Waals surface area contributed by atoms with E-state index in [1.165, 1.54) is 0 Å². The smallest absolute Gasteiger partial charge is 0.303 e. The molecule has 0 aliphatic carbocycles. The molecule has 0 atom stereocenters. The quantitative estimate of drug-likeness (QED) is 0.439. The van der Waals surface area contributed by atoms with E-state index in [9.17, 15) is 9.59 Å². The van der Waals surface area contributed by atoms with E-state index in [0.717, 1.165) is 51.4 Å². The van der Waals surface area contributed by atoms with Crippen molar-refractivity contribution >= 4 is 29.3 Å². The van der Waals surface area contributed by atoms with Gasteiger partial charge in [-0.25, -0.2) is 0 Å². The van der Waals surface area contributed by atoms with E-state index in [4.69, 9.17) is 10.2 Å². The van der Waals surface area contributed by atoms with Gasteiger partial charge in [-0.3, -0.25) is 9.59 Å². The average Bonchev–Trinajstić information content (AvgIpc) is 2.20. The molecule has 0 spiro atoms. The summed E-state index contributed by atoms with van der Waals surface area (Å²) in [7, 11) is 0. The van der Waals surface area contributed by atoms with Crippen molar-refractivity contribution in [3.8, 4) is 0 Å². The first-order valence-corrected chi connectivity index (χ1v) is 6.06. The Labute approximate surface area is 114 Å². The van der Waals surface area contributed by atoms with Crippen LogP contribution in [0, 0.1) is 0 Å². The number of unbranched alkanes of at least 4 members (excludes halogenated alkanes) is 7. The number of carbonyl (C=O) groups is 2. The van der Waals surface area contributed by atoms with Crippen molar-refractivity contribution in [3.63, 3.8) is 0 Å². The topological polar surface area (TPSA) is 74.6 Å². The highest BCUT2D eigenvalue weighted by Gasteiger charge is 1.98. The van der Waals surface area contributed by atoms with Crippen molar-refractivity contribution in [2.45, 2.75) is 64.2 Å². The molecule has 4 nitrogen and oxygen atoms in total. The Morgan fingerprint density at radius 3 is 1.06 bits per heavy atom. The molecule has 0 heterocycles. The third-order valence-electron chi connectivity index (χ3n) is 2.53. The van der Waals surface area contributed by atoms with E-state index in [1.807, 2.05) is 0 Å². The molecule has 100 valence electrons. The van der Waals surface area contributed by atoms with Gasteiger partial charge in [0.1, 0.15) is 0 Å². The number of hydrogen-bond donors (Lipinski definition) is 2. The minimum atomic E-state index is -0.714. The number of carboxylic acid groups (broad SMARTS) is 2. The highest BCUT2D eigenvalue weighted by molar-refractivity contribution is 5.75. The molecule has 2 N–H and O–H groups in total. The second-order valence-electron chi connectivity index (χ2n) is 4.12. The van der Waals surface area contributed by atoms with Crippen molar-refractivity contribution < 1.29 is 19.8 Å². The molecule has 0 aromatic heterocycles. The van der Waals surface area contributed by atoms with Crippen LogP contribution in [0.5, 0.6) is 0 Å². The van der Waals surface area contributed by atoms with Crippen LogP contribution in [0.25, 0.3) is 0 Å². The van der Waals surface area contributed by atoms with Gasteiger partial charge < -0.3 is 10.2 Å². The lowest BCUT2D eigenvalue weighted by Gasteiger charge is -2.00. The van der Waals surface area contributed by atoms with E-state index < -0.39 is 11.9 Å². The number of rotatable bonds is 11. The molecule has 17 heavy (non-hydrogen) atoms. The van der Waals surface area contributed by atoms with Crippen molar-refractivity contribution in [1.82, 2.24) is 0 Å². The van der Waals surface area contributed by atoms with Crippen LogP contribution < -0.4 is 0 Å². The Bertz CT molecular complexity index is 185. The Morgan fingerprint density at radius 2 is 0.824 bits per heavy atom. The maximum Gasteiger partial charge on any atom is 0.303 e. The lowest BCUT2D eigenvalue weighted by atomic mass is 10.1. The van der Waals surface area contributed by atoms with E-state index >= 15 is 0 Å². The first kappa shape index (κ1) is 18.8. The Hall–Kier alpha value is -0.528. The number of aliphatic carboxylic acids is 2. The summed E-state index contributed by atoms with van der Waals surface area (Å²) in [6.07, 6.45) is 8.51. The summed E-state index contributed by atoms with van der Waals surface area (Å²) in [5.74, 6) is -1.43. The minimum Gasteiger partial charge on any atom is -0.481 e. The summed E-state index contributed by atoms with van der Waals surface area (Å²) >= 11 is 0. The van der Waals surface area contributed by atoms with Crippen LogP contribution in [0.3, 0.4) is 0 Å². The Kier molecular flexibility index (Phi) is 15.0. The van der Waals surface area contributed by atoms with Gasteiger partial charge in [0.2, 0.25) is 0 Å². The summed E-state index contributed by atoms with van der Waals surface area (Å²) in [5, 5.41) is 16.8. The van der Waals surface area contributed by atoms with E-state index in [2.05, 4.69) is 0 Å². The fourth-order valence-electron chi connectivity index (χ4n) is 1.61. The molecule has 0 aromatic rings. The van der Waals surface area contributed by atoms with Gasteiger partial charge in [0, 0.05) is 12.8 Å². The fourth-order valence-corrected chi connectivity index (χ4v) is 1.61. The minimum absolute atomic E-state index is 0. The van der Waals surface area contributed by atoms with Gasteiger partial charge in [-0.05, 0) is 12.8 Å². The normalized spacial score (nSPS) is 9.65. The summed E-state index contributed by atoms with van der Waals surface area (Å²) in [5.41, 5.74) is 0. The molecule has 0 unspecified atom stereocenters. The van der Waals surface area contributed by atoms with Gasteiger partial charge in [-0.1, -0.05) is 38.5 Å². The van der Waals surface area contributed by atoms with E-state index in [1.54, 1.807) is 0 Å². The second kappa shape index (κ2) is 13.5. The first-order chi connectivity index (χ1) is 7.63. The molecule has 0 aliphatic heterocycles. The molecule has 0 amide bonds. The standard InChI is InChI=1S/C12H22O4.Al.3H/c13-11(14)9-7-5-3-1-2-4-6-8-10-12(15)16;;;;/h1-10H2,(H,13,14)(H,15,16);;;;. The lowest BCUT2D eigenvalue weighted by molar-refractivity contribution is -0.138. The fraction of sp³-hybridized carbons (Fsp3) is 0.833. The van der Waals surface area contributed by atoms with Crippen LogP contribution >= 0.6 is 0 Å². The average molecular weight is 260 g/mol. The maximum absolute atomic E-state index is 10.2. The second-order valence-corrected chi connectivity index (χ2v) is 4.12. The highest BCUT2D eigenvalue weighted by Crippen LogP contribution is 2.10. The van der Waals surface area contributed by atoms with Crippen LogP contribution in [-0.2, 0) is 9.59 Å². The van der Waals surface area contributed by atoms with Gasteiger partial charge >= 0.3 is 11.9 Å². The predicted molar refractivity (Wildman–Crippen MR) is 71.4 cm³/mol. The number of hydrogen-bond acceptors (Lipinski definition) is 2. The van der Waals surface area contributed by atoms with E-state index in [-0.39, 0.29) is 30.2 Å². The molecule has 0 fully saturated rings. The van der Waals surface area contributed by atoms with Crippen molar-refractivity contribution in [1.29, 1.82) is 0 Å². The monoisotopic (exact) mass is 260 g/mol. The summed E-state index contributed by atoms with van der Waals surface area (Å²) in [4.78, 5) is 20.4. The molecule has 0 saturated heterocycles. The third kappa shape index (κ3) is 18.1. The lowest BCUT2D eigenvalue weighted by Crippen LogP contribution is -1.94. The molecule has 0 radical (unpaired) electrons. The summed E-state index contributed by atoms with van der Waals surface area (Å²) in [6.45, 7) is 0. The summed E-state index contributed by atoms with van der Waals surface area (Å²) < 4.78 is 0. The zero-order valence-corrected chi connectivity index (χ0v) is 9.78. The van der Waals surface area contributed by atoms with Crippen molar-refractivity contribution in [2.75, 3.05) is 0 Å². The Balaban J connectivity index is 0. The maximum atomic E-state index is 10.2. The van der Waals surface area contributed by atoms with Crippen LogP contribution in [0.4, 0.5) is 0 Å². The van der Waals surface area contributed by atoms with Crippen LogP contribution in [0.2, 0.25) is 0 Å². The van der Waals surface area contributed by atoms with Crippen molar-refractivity contribution in [3.05, 3.63) is 0 Å². The van der Waals surface area contributed by atoms with Gasteiger partial charge in [-0.15, -0.1) is 0 Å². The third-order valence-corrected chi connectivity index (χ3v) is 2.53. The molecule has 0 aromatic carbocycles. The zero-order valence-electron chi connectivity index (χ0n) is 9.78. The van der Waals surface area contributed by atoms with Crippen LogP contribution in [-0.4, -0.2) is 39.5 Å². The van der Waals surface area contributed by atoms with Crippen LogP contribution in [0.1, 0.15) is 64.2 Å². The van der Waals surface area contributed by atoms with Gasteiger partial charge in [0.25, 0.3) is 0 Å². The molecule has 5 heteroatoms. The molecule has 0 bridgehead atoms. The zero-order chi connectivity index (χ0) is 12.2. The molecule has 0 rings (SSSR count). The molecule has 0 aliphatic rings. The predicted octanol–water partition coefficient (Wildman–Crippen LogP) is 1.87. The van der Waals surface area contributed by atoms with Gasteiger partial charge in [-0.2, -0.15) is 0 Å². The Morgan fingerprint density at radius 1 is 0.588 bits per heavy atom. The first-order valence-electron chi connectivity index (χ1n) is 6.06. The SMILES string of the molecule is O=C(O)CCCCCCCCCCC(=O)O.[AlH3]. The molecular weight excluding hydrogens is 235 g/mol. The van der Waals surface area contributed by atoms with Gasteiger partial charge in [0.05, 0.1) is 0 Å². The highest BCUT2D eigenvalue weighted by atomic mass is 27.0. The molecule has 0 saturated carbocycles. The van der Waals surface area contributed by atoms with E-state index in [0.29, 0.717) is 0 Å². The largest absolute Gasteiger partial charge is 0.481 e. The summed E-state index contributed by atoms with van der Waals surface area (Å²) in [6, 6.07) is 0. The number of carboxylic acids is 2. The van der Waals surface area contributed by atoms with Gasteiger partial charge in [0.15, 0.2) is 17.4 Å². The van der Waals surface area contributed by atoms with Crippen LogP contribution in [0.15, 0.2) is 0 Å². The van der Waals surface area contributed by atoms with Crippen molar-refractivity contribution in [2.24, 2.45) is 0 Å². The molecular formula is C12H25AlO4.